The molecule has 37 heavy (non-hydrogen) atoms. The summed E-state index contributed by atoms with van der Waals surface area (Å²) in [6.07, 6.45) is 6.40. The van der Waals surface area contributed by atoms with Crippen LogP contribution in [0.15, 0.2) is 73.4 Å². The van der Waals surface area contributed by atoms with E-state index < -0.39 is 12.1 Å². The fourth-order valence-electron chi connectivity index (χ4n) is 5.90. The molecule has 0 radical (unpaired) electrons. The molecule has 7 heteroatoms. The third kappa shape index (κ3) is 5.09. The number of hydrogen-bond acceptors (Lipinski definition) is 6. The summed E-state index contributed by atoms with van der Waals surface area (Å²) in [5.74, 6) is 0.605. The number of para-hydroxylation sites is 1. The summed E-state index contributed by atoms with van der Waals surface area (Å²) in [6.45, 7) is 6.31. The minimum absolute atomic E-state index is 0.00115. The first-order valence-corrected chi connectivity index (χ1v) is 12.8. The molecule has 3 aromatic rings. The molecular weight excluding hydrogens is 466 g/mol. The summed E-state index contributed by atoms with van der Waals surface area (Å²) in [6, 6.07) is 17.1. The number of carbonyl (C=O) groups is 2. The normalized spacial score (nSPS) is 23.3. The molecule has 5 unspecified atom stereocenters. The Morgan fingerprint density at radius 1 is 1.19 bits per heavy atom. The number of pyridine rings is 1. The Hall–Kier alpha value is -3.71. The number of fused-ring (bicyclic) bond motifs is 4. The highest BCUT2D eigenvalue weighted by atomic mass is 16.5. The highest BCUT2D eigenvalue weighted by Gasteiger charge is 2.44. The van der Waals surface area contributed by atoms with Crippen LogP contribution in [-0.4, -0.2) is 54.0 Å². The molecule has 1 amide bonds. The first-order valence-electron chi connectivity index (χ1n) is 12.8. The van der Waals surface area contributed by atoms with Gasteiger partial charge in [0.1, 0.15) is 18.4 Å². The molecule has 0 saturated carbocycles. The summed E-state index contributed by atoms with van der Waals surface area (Å²) in [5.41, 5.74) is 2.37. The Morgan fingerprint density at radius 2 is 2.00 bits per heavy atom. The second-order valence-corrected chi connectivity index (χ2v) is 9.87. The van der Waals surface area contributed by atoms with Gasteiger partial charge < -0.3 is 14.4 Å². The van der Waals surface area contributed by atoms with Crippen molar-refractivity contribution in [3.05, 3.63) is 79.0 Å². The summed E-state index contributed by atoms with van der Waals surface area (Å²) < 4.78 is 11.8. The number of methoxy groups -OCH3 is 1. The van der Waals surface area contributed by atoms with Crippen molar-refractivity contribution >= 4 is 28.5 Å². The lowest BCUT2D eigenvalue weighted by atomic mass is 9.76. The van der Waals surface area contributed by atoms with E-state index in [9.17, 15) is 9.59 Å². The van der Waals surface area contributed by atoms with Crippen molar-refractivity contribution in [3.8, 4) is 5.75 Å². The first-order chi connectivity index (χ1) is 18.0. The predicted molar refractivity (Wildman–Crippen MR) is 143 cm³/mol. The van der Waals surface area contributed by atoms with Gasteiger partial charge in [0.2, 0.25) is 5.91 Å². The van der Waals surface area contributed by atoms with E-state index in [-0.39, 0.29) is 24.5 Å². The molecule has 3 saturated heterocycles. The van der Waals surface area contributed by atoms with Crippen molar-refractivity contribution in [1.29, 1.82) is 0 Å². The molecule has 0 aliphatic carbocycles. The van der Waals surface area contributed by atoms with E-state index in [4.69, 9.17) is 9.47 Å². The van der Waals surface area contributed by atoms with Crippen LogP contribution in [0.25, 0.3) is 10.9 Å². The molecule has 0 spiro atoms. The Kier molecular flexibility index (Phi) is 7.24. The highest BCUT2D eigenvalue weighted by molar-refractivity contribution is 5.96. The minimum Gasteiger partial charge on any atom is -0.497 e. The number of anilines is 1. The maximum Gasteiger partial charge on any atom is 0.326 e. The van der Waals surface area contributed by atoms with Gasteiger partial charge in [0.25, 0.3) is 0 Å². The van der Waals surface area contributed by atoms with Gasteiger partial charge in [-0.1, -0.05) is 24.3 Å². The first kappa shape index (κ1) is 25.0. The van der Waals surface area contributed by atoms with Gasteiger partial charge in [0, 0.05) is 35.8 Å². The second kappa shape index (κ2) is 10.7. The van der Waals surface area contributed by atoms with E-state index >= 15 is 0 Å². The number of benzene rings is 2. The summed E-state index contributed by atoms with van der Waals surface area (Å²) in [7, 11) is 1.63. The zero-order chi connectivity index (χ0) is 25.9. The average molecular weight is 500 g/mol. The number of hydrogen-bond donors (Lipinski definition) is 0. The molecule has 3 fully saturated rings. The molecule has 6 rings (SSSR count). The molecule has 5 atom stereocenters. The number of carbonyl (C=O) groups excluding carboxylic acids is 2. The monoisotopic (exact) mass is 499 g/mol. The Balaban J connectivity index is 1.52. The molecule has 3 aliphatic heterocycles. The quantitative estimate of drug-likeness (QED) is 0.324. The van der Waals surface area contributed by atoms with Gasteiger partial charge in [-0.3, -0.25) is 19.5 Å². The lowest BCUT2D eigenvalue weighted by molar-refractivity contribution is -0.156. The molecule has 1 aromatic heterocycles. The fraction of sp³-hybridized carbons (Fsp3) is 0.367. The number of piperidine rings is 3. The van der Waals surface area contributed by atoms with Crippen LogP contribution in [0, 0.1) is 5.92 Å². The zero-order valence-corrected chi connectivity index (χ0v) is 21.4. The molecule has 0 N–H and O–H groups in total. The van der Waals surface area contributed by atoms with Crippen LogP contribution >= 0.6 is 0 Å². The van der Waals surface area contributed by atoms with Crippen LogP contribution in [0.3, 0.4) is 0 Å². The number of nitrogens with zero attached hydrogens (tertiary/aromatic N) is 3. The molecule has 3 aliphatic rings. The van der Waals surface area contributed by atoms with E-state index in [1.54, 1.807) is 13.3 Å². The van der Waals surface area contributed by atoms with Gasteiger partial charge >= 0.3 is 5.97 Å². The molecular formula is C30H33N3O4. The van der Waals surface area contributed by atoms with Crippen molar-refractivity contribution in [1.82, 2.24) is 9.88 Å². The van der Waals surface area contributed by atoms with Gasteiger partial charge in [-0.15, -0.1) is 6.58 Å². The van der Waals surface area contributed by atoms with Crippen LogP contribution in [0.4, 0.5) is 5.69 Å². The third-order valence-electron chi connectivity index (χ3n) is 7.70. The molecule has 4 heterocycles. The molecule has 7 nitrogen and oxygen atoms in total. The summed E-state index contributed by atoms with van der Waals surface area (Å²) in [5, 5.41) is 0.893. The predicted octanol–water partition coefficient (Wildman–Crippen LogP) is 4.92. The largest absolute Gasteiger partial charge is 0.497 e. The van der Waals surface area contributed by atoms with Gasteiger partial charge in [-0.2, -0.15) is 0 Å². The van der Waals surface area contributed by atoms with Gasteiger partial charge in [0.15, 0.2) is 0 Å². The van der Waals surface area contributed by atoms with E-state index in [1.807, 2.05) is 60.7 Å². The van der Waals surface area contributed by atoms with Gasteiger partial charge in [-0.05, 0) is 68.1 Å². The lowest BCUT2D eigenvalue weighted by Crippen LogP contribution is -2.56. The maximum absolute atomic E-state index is 13.5. The number of aromatic nitrogens is 1. The van der Waals surface area contributed by atoms with Crippen LogP contribution in [-0.2, 0) is 14.3 Å². The Morgan fingerprint density at radius 3 is 2.70 bits per heavy atom. The van der Waals surface area contributed by atoms with Crippen molar-refractivity contribution in [2.75, 3.05) is 25.1 Å². The molecule has 2 bridgehead atoms. The lowest BCUT2D eigenvalue weighted by Gasteiger charge is -2.51. The van der Waals surface area contributed by atoms with Crippen molar-refractivity contribution < 1.29 is 19.1 Å². The summed E-state index contributed by atoms with van der Waals surface area (Å²) in [4.78, 5) is 34.3. The van der Waals surface area contributed by atoms with Gasteiger partial charge in [-0.25, -0.2) is 0 Å². The van der Waals surface area contributed by atoms with Gasteiger partial charge in [0.05, 0.1) is 18.7 Å². The average Bonchev–Trinajstić information content (AvgIpc) is 2.94. The maximum atomic E-state index is 13.5. The standard InChI is InChI=1S/C30H33N3O4/c1-4-22-16-21-13-15-32(22)28(17-21)30(25-12-14-31-27-11-10-24(36-3)18-26(25)27)37-29(35)19-33(20(2)34)23-8-6-5-7-9-23/h4-12,14,18,21-22,28,30H,1,13,15-17,19H2,2-3H3. The fourth-order valence-corrected chi connectivity index (χ4v) is 5.90. The number of rotatable bonds is 8. The minimum atomic E-state index is -0.528. The Labute approximate surface area is 217 Å². The van der Waals surface area contributed by atoms with Crippen molar-refractivity contribution in [2.24, 2.45) is 5.92 Å². The SMILES string of the molecule is C=CC1CC2CCN1C(C(OC(=O)CN(C(C)=O)c1ccccc1)c1ccnc3ccc(OC)cc13)C2. The van der Waals surface area contributed by atoms with E-state index in [0.717, 1.165) is 42.3 Å². The van der Waals surface area contributed by atoms with Crippen molar-refractivity contribution in [2.45, 2.75) is 44.4 Å². The van der Waals surface area contributed by atoms with E-state index in [0.29, 0.717) is 17.4 Å². The number of ether oxygens (including phenoxy) is 2. The van der Waals surface area contributed by atoms with Crippen LogP contribution in [0.5, 0.6) is 5.75 Å². The number of amides is 1. The van der Waals surface area contributed by atoms with E-state index in [2.05, 4.69) is 16.5 Å². The topological polar surface area (TPSA) is 72.0 Å². The van der Waals surface area contributed by atoms with Crippen LogP contribution in [0.1, 0.15) is 37.9 Å². The molecule has 2 aromatic carbocycles. The zero-order valence-electron chi connectivity index (χ0n) is 21.4. The Bertz CT molecular complexity index is 1290. The van der Waals surface area contributed by atoms with E-state index in [1.165, 1.54) is 11.8 Å². The molecule has 192 valence electrons. The smallest absolute Gasteiger partial charge is 0.326 e. The second-order valence-electron chi connectivity index (χ2n) is 9.87. The third-order valence-corrected chi connectivity index (χ3v) is 7.70. The number of esters is 1. The highest BCUT2D eigenvalue weighted by Crippen LogP contribution is 2.44. The van der Waals surface area contributed by atoms with Crippen LogP contribution in [0.2, 0.25) is 0 Å². The van der Waals surface area contributed by atoms with Crippen LogP contribution < -0.4 is 9.64 Å². The van der Waals surface area contributed by atoms with Crippen molar-refractivity contribution in [3.63, 3.8) is 0 Å². The summed E-state index contributed by atoms with van der Waals surface area (Å²) >= 11 is 0.